The molecule has 0 atom stereocenters. The molecule has 134 valence electrons. The van der Waals surface area contributed by atoms with E-state index in [9.17, 15) is 4.79 Å². The highest BCUT2D eigenvalue weighted by Crippen LogP contribution is 2.28. The number of ether oxygens (including phenoxy) is 2. The van der Waals surface area contributed by atoms with Gasteiger partial charge >= 0.3 is 6.03 Å². The summed E-state index contributed by atoms with van der Waals surface area (Å²) in [5.74, 6) is 1.24. The van der Waals surface area contributed by atoms with Crippen LogP contribution in [0.15, 0.2) is 48.5 Å². The van der Waals surface area contributed by atoms with E-state index in [1.54, 1.807) is 32.4 Å². The summed E-state index contributed by atoms with van der Waals surface area (Å²) >= 11 is 0. The van der Waals surface area contributed by atoms with Crippen molar-refractivity contribution in [1.29, 1.82) is 0 Å². The van der Waals surface area contributed by atoms with Gasteiger partial charge in [0.1, 0.15) is 11.5 Å². The van der Waals surface area contributed by atoms with Crippen molar-refractivity contribution < 1.29 is 14.3 Å². The van der Waals surface area contributed by atoms with Crippen LogP contribution in [0.2, 0.25) is 0 Å². The molecule has 2 aromatic rings. The minimum atomic E-state index is -0.270. The highest BCUT2D eigenvalue weighted by Gasteiger charge is 2.08. The lowest BCUT2D eigenvalue weighted by molar-refractivity contribution is 0.252. The SMILES string of the molecule is COc1ccc(OC)c(NC(=O)NCCCN(C)c2ccccc2)c1. The summed E-state index contributed by atoms with van der Waals surface area (Å²) in [5.41, 5.74) is 1.73. The van der Waals surface area contributed by atoms with Gasteiger partial charge in [0.2, 0.25) is 0 Å². The normalized spacial score (nSPS) is 10.0. The number of carbonyl (C=O) groups excluding carboxylic acids is 1. The lowest BCUT2D eigenvalue weighted by Gasteiger charge is -2.19. The Labute approximate surface area is 148 Å². The molecule has 0 aliphatic heterocycles. The van der Waals surface area contributed by atoms with E-state index in [2.05, 4.69) is 27.7 Å². The molecule has 2 aromatic carbocycles. The maximum absolute atomic E-state index is 12.1. The zero-order valence-electron chi connectivity index (χ0n) is 14.9. The Bertz CT molecular complexity index is 677. The molecule has 6 nitrogen and oxygen atoms in total. The molecule has 0 unspecified atom stereocenters. The van der Waals surface area contributed by atoms with E-state index in [0.29, 0.717) is 23.7 Å². The Balaban J connectivity index is 1.77. The van der Waals surface area contributed by atoms with Crippen molar-refractivity contribution in [3.63, 3.8) is 0 Å². The first kappa shape index (κ1) is 18.4. The van der Waals surface area contributed by atoms with Crippen LogP contribution in [0.25, 0.3) is 0 Å². The molecule has 0 aliphatic carbocycles. The van der Waals surface area contributed by atoms with Crippen LogP contribution in [0.4, 0.5) is 16.2 Å². The van der Waals surface area contributed by atoms with Crippen molar-refractivity contribution >= 4 is 17.4 Å². The van der Waals surface area contributed by atoms with Gasteiger partial charge in [0.15, 0.2) is 0 Å². The van der Waals surface area contributed by atoms with Crippen LogP contribution in [-0.2, 0) is 0 Å². The van der Waals surface area contributed by atoms with E-state index < -0.39 is 0 Å². The molecule has 2 amide bonds. The molecule has 6 heteroatoms. The van der Waals surface area contributed by atoms with Crippen LogP contribution in [0.5, 0.6) is 11.5 Å². The highest BCUT2D eigenvalue weighted by atomic mass is 16.5. The summed E-state index contributed by atoms with van der Waals surface area (Å²) in [6.07, 6.45) is 0.841. The second-order valence-electron chi connectivity index (χ2n) is 5.56. The molecular weight excluding hydrogens is 318 g/mol. The van der Waals surface area contributed by atoms with Gasteiger partial charge < -0.3 is 25.0 Å². The molecule has 0 fully saturated rings. The third-order valence-corrected chi connectivity index (χ3v) is 3.81. The van der Waals surface area contributed by atoms with Crippen LogP contribution < -0.4 is 25.0 Å². The summed E-state index contributed by atoms with van der Waals surface area (Å²) in [6.45, 7) is 1.43. The zero-order valence-corrected chi connectivity index (χ0v) is 14.9. The smallest absolute Gasteiger partial charge is 0.319 e. The van der Waals surface area contributed by atoms with Gasteiger partial charge in [0.25, 0.3) is 0 Å². The number of methoxy groups -OCH3 is 2. The van der Waals surface area contributed by atoms with Gasteiger partial charge in [0.05, 0.1) is 19.9 Å². The van der Waals surface area contributed by atoms with Crippen LogP contribution in [0.1, 0.15) is 6.42 Å². The van der Waals surface area contributed by atoms with Crippen molar-refractivity contribution in [2.75, 3.05) is 44.6 Å². The molecule has 0 aromatic heterocycles. The monoisotopic (exact) mass is 343 g/mol. The molecule has 0 radical (unpaired) electrons. The summed E-state index contributed by atoms with van der Waals surface area (Å²) in [4.78, 5) is 14.2. The molecule has 0 bridgehead atoms. The van der Waals surface area contributed by atoms with Crippen molar-refractivity contribution in [2.24, 2.45) is 0 Å². The lowest BCUT2D eigenvalue weighted by atomic mass is 10.2. The Morgan fingerprint density at radius 2 is 1.84 bits per heavy atom. The topological polar surface area (TPSA) is 62.8 Å². The Kier molecular flexibility index (Phi) is 6.95. The Hall–Kier alpha value is -2.89. The first-order valence-electron chi connectivity index (χ1n) is 8.17. The van der Waals surface area contributed by atoms with Crippen LogP contribution >= 0.6 is 0 Å². The van der Waals surface area contributed by atoms with Crippen LogP contribution in [0.3, 0.4) is 0 Å². The van der Waals surface area contributed by atoms with Crippen LogP contribution in [0, 0.1) is 0 Å². The first-order chi connectivity index (χ1) is 12.1. The minimum Gasteiger partial charge on any atom is -0.497 e. The van der Waals surface area contributed by atoms with E-state index >= 15 is 0 Å². The van der Waals surface area contributed by atoms with Crippen LogP contribution in [-0.4, -0.2) is 40.4 Å². The molecule has 0 saturated carbocycles. The maximum atomic E-state index is 12.1. The molecule has 2 rings (SSSR count). The molecular formula is C19H25N3O3. The largest absolute Gasteiger partial charge is 0.497 e. The number of rotatable bonds is 8. The van der Waals surface area contributed by atoms with Gasteiger partial charge in [-0.25, -0.2) is 4.79 Å². The quantitative estimate of drug-likeness (QED) is 0.722. The van der Waals surface area contributed by atoms with Crippen molar-refractivity contribution in [3.05, 3.63) is 48.5 Å². The number of carbonyl (C=O) groups is 1. The average Bonchev–Trinajstić information content (AvgIpc) is 2.65. The van der Waals surface area contributed by atoms with Crippen molar-refractivity contribution in [1.82, 2.24) is 5.32 Å². The van der Waals surface area contributed by atoms with E-state index in [1.807, 2.05) is 25.2 Å². The fourth-order valence-corrected chi connectivity index (χ4v) is 2.41. The third kappa shape index (κ3) is 5.60. The van der Waals surface area contributed by atoms with Gasteiger partial charge in [0, 0.05) is 31.9 Å². The predicted octanol–water partition coefficient (Wildman–Crippen LogP) is 3.35. The summed E-state index contributed by atoms with van der Waals surface area (Å²) < 4.78 is 10.4. The van der Waals surface area contributed by atoms with Crippen molar-refractivity contribution in [2.45, 2.75) is 6.42 Å². The first-order valence-corrected chi connectivity index (χ1v) is 8.17. The van der Waals surface area contributed by atoms with Gasteiger partial charge in [-0.2, -0.15) is 0 Å². The fraction of sp³-hybridized carbons (Fsp3) is 0.316. The Morgan fingerprint density at radius 3 is 2.52 bits per heavy atom. The van der Waals surface area contributed by atoms with Gasteiger partial charge in [-0.15, -0.1) is 0 Å². The maximum Gasteiger partial charge on any atom is 0.319 e. The van der Waals surface area contributed by atoms with E-state index in [1.165, 1.54) is 0 Å². The second-order valence-corrected chi connectivity index (χ2v) is 5.56. The second kappa shape index (κ2) is 9.42. The number of hydrogen-bond donors (Lipinski definition) is 2. The molecule has 2 N–H and O–H groups in total. The number of benzene rings is 2. The number of urea groups is 1. The lowest BCUT2D eigenvalue weighted by Crippen LogP contribution is -2.31. The number of nitrogens with one attached hydrogen (secondary N) is 2. The van der Waals surface area contributed by atoms with E-state index in [4.69, 9.17) is 9.47 Å². The summed E-state index contributed by atoms with van der Waals surface area (Å²) in [7, 11) is 5.18. The molecule has 0 saturated heterocycles. The number of para-hydroxylation sites is 1. The average molecular weight is 343 g/mol. The molecule has 25 heavy (non-hydrogen) atoms. The number of nitrogens with zero attached hydrogens (tertiary/aromatic N) is 1. The molecule has 0 spiro atoms. The van der Waals surface area contributed by atoms with Crippen molar-refractivity contribution in [3.8, 4) is 11.5 Å². The number of amides is 2. The van der Waals surface area contributed by atoms with Gasteiger partial charge in [-0.1, -0.05) is 18.2 Å². The fourth-order valence-electron chi connectivity index (χ4n) is 2.41. The standard InChI is InChI=1S/C19H25N3O3/c1-22(15-8-5-4-6-9-15)13-7-12-20-19(23)21-17-14-16(24-2)10-11-18(17)25-3/h4-6,8-11,14H,7,12-13H2,1-3H3,(H2,20,21,23). The zero-order chi connectivity index (χ0) is 18.1. The number of hydrogen-bond acceptors (Lipinski definition) is 4. The summed E-state index contributed by atoms with van der Waals surface area (Å²) in [6, 6.07) is 15.1. The third-order valence-electron chi connectivity index (χ3n) is 3.81. The predicted molar refractivity (Wildman–Crippen MR) is 101 cm³/mol. The Morgan fingerprint density at radius 1 is 1.08 bits per heavy atom. The minimum absolute atomic E-state index is 0.270. The van der Waals surface area contributed by atoms with Gasteiger partial charge in [-0.3, -0.25) is 0 Å². The van der Waals surface area contributed by atoms with E-state index in [-0.39, 0.29) is 6.03 Å². The molecule has 0 aliphatic rings. The van der Waals surface area contributed by atoms with Gasteiger partial charge in [-0.05, 0) is 30.7 Å². The number of anilines is 2. The van der Waals surface area contributed by atoms with E-state index in [0.717, 1.165) is 18.7 Å². The molecule has 0 heterocycles. The highest BCUT2D eigenvalue weighted by molar-refractivity contribution is 5.91. The summed E-state index contributed by atoms with van der Waals surface area (Å²) in [5, 5.41) is 5.64.